The second-order valence-corrected chi connectivity index (χ2v) is 4.73. The highest BCUT2D eigenvalue weighted by molar-refractivity contribution is 9.10. The zero-order valence-corrected chi connectivity index (χ0v) is 11.5. The fourth-order valence-electron chi connectivity index (χ4n) is 1.30. The van der Waals surface area contributed by atoms with Gasteiger partial charge in [0.2, 0.25) is 5.43 Å². The second-order valence-electron chi connectivity index (χ2n) is 3.47. The molecular weight excluding hydrogens is 326 g/mol. The summed E-state index contributed by atoms with van der Waals surface area (Å²) in [6.45, 7) is 1.54. The van der Waals surface area contributed by atoms with Gasteiger partial charge in [-0.3, -0.25) is 9.89 Å². The first-order valence-electron chi connectivity index (χ1n) is 4.86. The summed E-state index contributed by atoms with van der Waals surface area (Å²) in [6, 6.07) is 3.92. The normalized spacial score (nSPS) is 10.4. The highest BCUT2D eigenvalue weighted by Gasteiger charge is 2.13. The number of hydrogen-bond acceptors (Lipinski definition) is 3. The number of H-pyrrole nitrogens is 1. The van der Waals surface area contributed by atoms with Crippen molar-refractivity contribution < 1.29 is 9.13 Å². The monoisotopic (exact) mass is 332 g/mol. The van der Waals surface area contributed by atoms with E-state index >= 15 is 0 Å². The standard InChI is InChI=1S/C11H7BrClFN2O2/c1-5-7(14)3-2-6(12)10(5)18-11-8(17)4-9(13)15-16-11/h2-4H,1H3,(H,15,17). The Hall–Kier alpha value is -1.40. The fraction of sp³-hybridized carbons (Fsp3) is 0.0909. The maximum Gasteiger partial charge on any atom is 0.285 e. The molecule has 0 aliphatic rings. The number of hydrogen-bond donors (Lipinski definition) is 1. The van der Waals surface area contributed by atoms with Gasteiger partial charge in [0.1, 0.15) is 16.7 Å². The van der Waals surface area contributed by atoms with Gasteiger partial charge in [-0.05, 0) is 35.0 Å². The summed E-state index contributed by atoms with van der Waals surface area (Å²) in [6.07, 6.45) is 0. The Labute approximate surface area is 115 Å². The third-order valence-electron chi connectivity index (χ3n) is 2.22. The molecule has 1 heterocycles. The van der Waals surface area contributed by atoms with E-state index in [1.165, 1.54) is 12.1 Å². The molecule has 2 rings (SSSR count). The van der Waals surface area contributed by atoms with Crippen LogP contribution in [0.15, 0.2) is 27.5 Å². The minimum Gasteiger partial charge on any atom is -0.433 e. The van der Waals surface area contributed by atoms with E-state index in [2.05, 4.69) is 26.1 Å². The van der Waals surface area contributed by atoms with Gasteiger partial charge < -0.3 is 4.74 Å². The summed E-state index contributed by atoms with van der Waals surface area (Å²) >= 11 is 8.78. The summed E-state index contributed by atoms with van der Waals surface area (Å²) in [5, 5.41) is 6.15. The number of aromatic amines is 1. The third-order valence-corrected chi connectivity index (χ3v) is 3.04. The van der Waals surface area contributed by atoms with Crippen molar-refractivity contribution in [2.24, 2.45) is 0 Å². The van der Waals surface area contributed by atoms with E-state index in [1.54, 1.807) is 6.92 Å². The van der Waals surface area contributed by atoms with Gasteiger partial charge in [-0.2, -0.15) is 0 Å². The maximum atomic E-state index is 13.4. The molecule has 94 valence electrons. The molecule has 18 heavy (non-hydrogen) atoms. The molecule has 0 aliphatic carbocycles. The molecule has 0 amide bonds. The molecule has 0 spiro atoms. The van der Waals surface area contributed by atoms with E-state index in [0.717, 1.165) is 6.07 Å². The van der Waals surface area contributed by atoms with Crippen molar-refractivity contribution in [1.29, 1.82) is 0 Å². The summed E-state index contributed by atoms with van der Waals surface area (Å²) in [4.78, 5) is 11.6. The Bertz CT molecular complexity index is 660. The van der Waals surface area contributed by atoms with Crippen LogP contribution in [-0.2, 0) is 0 Å². The zero-order chi connectivity index (χ0) is 13.3. The fourth-order valence-corrected chi connectivity index (χ4v) is 1.95. The predicted molar refractivity (Wildman–Crippen MR) is 68.8 cm³/mol. The van der Waals surface area contributed by atoms with Gasteiger partial charge in [0.05, 0.1) is 4.47 Å². The Balaban J connectivity index is 2.46. The molecular formula is C11H7BrClFN2O2. The van der Waals surface area contributed by atoms with Crippen LogP contribution in [0.5, 0.6) is 11.6 Å². The number of rotatable bonds is 2. The molecule has 0 fully saturated rings. The van der Waals surface area contributed by atoms with Gasteiger partial charge in [0, 0.05) is 11.6 Å². The molecule has 0 saturated carbocycles. The number of halogens is 3. The van der Waals surface area contributed by atoms with Crippen LogP contribution in [0.1, 0.15) is 5.56 Å². The van der Waals surface area contributed by atoms with Crippen molar-refractivity contribution in [2.45, 2.75) is 6.92 Å². The Morgan fingerprint density at radius 3 is 2.89 bits per heavy atom. The minimum atomic E-state index is -0.491. The zero-order valence-electron chi connectivity index (χ0n) is 9.13. The van der Waals surface area contributed by atoms with Gasteiger partial charge in [-0.1, -0.05) is 11.6 Å². The Kier molecular flexibility index (Phi) is 3.68. The average Bonchev–Trinajstić information content (AvgIpc) is 2.32. The van der Waals surface area contributed by atoms with Crippen LogP contribution in [0.2, 0.25) is 5.15 Å². The van der Waals surface area contributed by atoms with Crippen LogP contribution in [0.3, 0.4) is 0 Å². The van der Waals surface area contributed by atoms with Gasteiger partial charge in [0.15, 0.2) is 0 Å². The summed E-state index contributed by atoms with van der Waals surface area (Å²) in [5.41, 5.74) is -0.213. The van der Waals surface area contributed by atoms with E-state index in [0.29, 0.717) is 4.47 Å². The van der Waals surface area contributed by atoms with E-state index in [-0.39, 0.29) is 22.3 Å². The first kappa shape index (κ1) is 13.0. The molecule has 7 heteroatoms. The molecule has 0 saturated heterocycles. The largest absolute Gasteiger partial charge is 0.433 e. The lowest BCUT2D eigenvalue weighted by Crippen LogP contribution is -2.08. The molecule has 0 aliphatic heterocycles. The summed E-state index contributed by atoms with van der Waals surface area (Å²) in [7, 11) is 0. The van der Waals surface area contributed by atoms with Gasteiger partial charge in [-0.15, -0.1) is 5.10 Å². The van der Waals surface area contributed by atoms with Crippen molar-refractivity contribution in [3.63, 3.8) is 0 Å². The van der Waals surface area contributed by atoms with Crippen molar-refractivity contribution in [2.75, 3.05) is 0 Å². The van der Waals surface area contributed by atoms with Crippen LogP contribution in [0.4, 0.5) is 4.39 Å². The van der Waals surface area contributed by atoms with Gasteiger partial charge in [0.25, 0.3) is 5.88 Å². The van der Waals surface area contributed by atoms with Crippen LogP contribution < -0.4 is 10.2 Å². The SMILES string of the molecule is Cc1c(F)ccc(Br)c1Oc1n[nH]c(Cl)cc1=O. The minimum absolute atomic E-state index is 0.0994. The lowest BCUT2D eigenvalue weighted by molar-refractivity contribution is 0.438. The number of ether oxygens (including phenoxy) is 1. The Morgan fingerprint density at radius 2 is 2.22 bits per heavy atom. The molecule has 0 unspecified atom stereocenters. The molecule has 2 aromatic rings. The van der Waals surface area contributed by atoms with Crippen molar-refractivity contribution in [3.05, 3.63) is 49.4 Å². The molecule has 1 aromatic carbocycles. The number of nitrogens with zero attached hydrogens (tertiary/aromatic N) is 1. The lowest BCUT2D eigenvalue weighted by Gasteiger charge is -2.09. The van der Waals surface area contributed by atoms with E-state index in [1.807, 2.05) is 0 Å². The number of benzene rings is 1. The highest BCUT2D eigenvalue weighted by Crippen LogP contribution is 2.32. The molecule has 1 aromatic heterocycles. The first-order chi connectivity index (χ1) is 8.49. The first-order valence-corrected chi connectivity index (χ1v) is 6.04. The molecule has 0 bridgehead atoms. The molecule has 4 nitrogen and oxygen atoms in total. The molecule has 0 atom stereocenters. The van der Waals surface area contributed by atoms with Crippen molar-refractivity contribution in [1.82, 2.24) is 10.2 Å². The third kappa shape index (κ3) is 2.54. The Morgan fingerprint density at radius 1 is 1.50 bits per heavy atom. The number of aromatic nitrogens is 2. The van der Waals surface area contributed by atoms with E-state index in [4.69, 9.17) is 16.3 Å². The van der Waals surface area contributed by atoms with Crippen LogP contribution in [0.25, 0.3) is 0 Å². The second kappa shape index (κ2) is 5.07. The topological polar surface area (TPSA) is 55.0 Å². The van der Waals surface area contributed by atoms with Crippen LogP contribution in [-0.4, -0.2) is 10.2 Å². The quantitative estimate of drug-likeness (QED) is 0.916. The maximum absolute atomic E-state index is 13.4. The van der Waals surface area contributed by atoms with Crippen molar-refractivity contribution in [3.8, 4) is 11.6 Å². The van der Waals surface area contributed by atoms with E-state index in [9.17, 15) is 9.18 Å². The lowest BCUT2D eigenvalue weighted by atomic mass is 10.2. The average molecular weight is 334 g/mol. The summed E-state index contributed by atoms with van der Waals surface area (Å²) < 4.78 is 19.2. The van der Waals surface area contributed by atoms with Crippen LogP contribution >= 0.6 is 27.5 Å². The smallest absolute Gasteiger partial charge is 0.285 e. The highest BCUT2D eigenvalue weighted by atomic mass is 79.9. The predicted octanol–water partition coefficient (Wildman–Crippen LogP) is 3.43. The number of nitrogens with one attached hydrogen (secondary N) is 1. The molecule has 0 radical (unpaired) electrons. The van der Waals surface area contributed by atoms with Crippen LogP contribution in [0, 0.1) is 12.7 Å². The van der Waals surface area contributed by atoms with Gasteiger partial charge in [-0.25, -0.2) is 4.39 Å². The van der Waals surface area contributed by atoms with Crippen molar-refractivity contribution >= 4 is 27.5 Å². The van der Waals surface area contributed by atoms with Gasteiger partial charge >= 0.3 is 0 Å². The van der Waals surface area contributed by atoms with E-state index < -0.39 is 11.2 Å². The summed E-state index contributed by atoms with van der Waals surface area (Å²) in [5.74, 6) is -0.428. The molecule has 1 N–H and O–H groups in total.